The lowest BCUT2D eigenvalue weighted by atomic mass is 10.2. The number of rotatable bonds is 4. The van der Waals surface area contributed by atoms with Crippen molar-refractivity contribution < 1.29 is 9.47 Å². The van der Waals surface area contributed by atoms with E-state index in [9.17, 15) is 9.59 Å². The van der Waals surface area contributed by atoms with Crippen LogP contribution in [0.2, 0.25) is 0 Å². The Kier molecular flexibility index (Phi) is 3.71. The second-order valence-electron chi connectivity index (χ2n) is 4.45. The van der Waals surface area contributed by atoms with Gasteiger partial charge in [-0.05, 0) is 26.0 Å². The number of ether oxygens (including phenoxy) is 2. The zero-order valence-corrected chi connectivity index (χ0v) is 11.1. The van der Waals surface area contributed by atoms with Crippen molar-refractivity contribution in [2.24, 2.45) is 0 Å². The van der Waals surface area contributed by atoms with Gasteiger partial charge in [0.15, 0.2) is 6.79 Å². The van der Waals surface area contributed by atoms with Crippen molar-refractivity contribution in [3.05, 3.63) is 38.9 Å². The second kappa shape index (κ2) is 5.27. The SMILES string of the molecule is COCOc1ccc2c(c1)[nH]c(=O)c(=O)n2C(C)C. The van der Waals surface area contributed by atoms with Gasteiger partial charge in [-0.3, -0.25) is 14.2 Å². The number of hydrogen-bond acceptors (Lipinski definition) is 4. The zero-order valence-electron chi connectivity index (χ0n) is 11.1. The molecule has 102 valence electrons. The van der Waals surface area contributed by atoms with E-state index in [-0.39, 0.29) is 12.8 Å². The van der Waals surface area contributed by atoms with E-state index in [0.29, 0.717) is 16.8 Å². The number of hydrogen-bond donors (Lipinski definition) is 1. The van der Waals surface area contributed by atoms with E-state index in [2.05, 4.69) is 4.98 Å². The van der Waals surface area contributed by atoms with Crippen LogP contribution in [0.4, 0.5) is 0 Å². The molecule has 0 bridgehead atoms. The summed E-state index contributed by atoms with van der Waals surface area (Å²) in [5.74, 6) is 0.568. The van der Waals surface area contributed by atoms with Crippen LogP contribution in [0.15, 0.2) is 27.8 Å². The lowest BCUT2D eigenvalue weighted by molar-refractivity contribution is 0.0512. The summed E-state index contributed by atoms with van der Waals surface area (Å²) in [6.45, 7) is 3.84. The molecule has 0 unspecified atom stereocenters. The number of nitrogens with one attached hydrogen (secondary N) is 1. The molecule has 1 aromatic carbocycles. The van der Waals surface area contributed by atoms with E-state index in [1.807, 2.05) is 13.8 Å². The van der Waals surface area contributed by atoms with Crippen molar-refractivity contribution in [2.75, 3.05) is 13.9 Å². The number of H-pyrrole nitrogens is 1. The van der Waals surface area contributed by atoms with E-state index >= 15 is 0 Å². The standard InChI is InChI=1S/C13H16N2O4/c1-8(2)15-11-5-4-9(19-7-18-3)6-10(11)14-12(16)13(15)17/h4-6,8H,7H2,1-3H3,(H,14,16). The molecule has 0 atom stereocenters. The Balaban J connectivity index is 2.65. The molecule has 0 aliphatic heterocycles. The lowest BCUT2D eigenvalue weighted by Gasteiger charge is -2.13. The van der Waals surface area contributed by atoms with Gasteiger partial charge in [0.05, 0.1) is 11.0 Å². The third kappa shape index (κ3) is 2.53. The van der Waals surface area contributed by atoms with E-state index in [1.165, 1.54) is 11.7 Å². The molecule has 0 aliphatic carbocycles. The Morgan fingerprint density at radius 1 is 1.32 bits per heavy atom. The summed E-state index contributed by atoms with van der Waals surface area (Å²) in [6.07, 6.45) is 0. The van der Waals surface area contributed by atoms with Crippen molar-refractivity contribution in [1.29, 1.82) is 0 Å². The minimum absolute atomic E-state index is 0.0944. The molecule has 1 heterocycles. The fourth-order valence-electron chi connectivity index (χ4n) is 1.95. The monoisotopic (exact) mass is 264 g/mol. The average Bonchev–Trinajstić information content (AvgIpc) is 2.37. The van der Waals surface area contributed by atoms with Crippen LogP contribution in [-0.4, -0.2) is 23.5 Å². The first-order valence-corrected chi connectivity index (χ1v) is 5.95. The first kappa shape index (κ1) is 13.4. The summed E-state index contributed by atoms with van der Waals surface area (Å²) in [6, 6.07) is 5.06. The molecule has 2 rings (SSSR count). The predicted molar refractivity (Wildman–Crippen MR) is 71.7 cm³/mol. The maximum absolute atomic E-state index is 11.8. The maximum Gasteiger partial charge on any atom is 0.316 e. The van der Waals surface area contributed by atoms with Gasteiger partial charge in [-0.25, -0.2) is 0 Å². The molecular weight excluding hydrogens is 248 g/mol. The first-order valence-electron chi connectivity index (χ1n) is 5.95. The van der Waals surface area contributed by atoms with Crippen molar-refractivity contribution >= 4 is 11.0 Å². The summed E-state index contributed by atoms with van der Waals surface area (Å²) in [5, 5.41) is 0. The van der Waals surface area contributed by atoms with Gasteiger partial charge < -0.3 is 14.5 Å². The number of benzene rings is 1. The summed E-state index contributed by atoms with van der Waals surface area (Å²) < 4.78 is 11.6. The van der Waals surface area contributed by atoms with Crippen LogP contribution in [0.5, 0.6) is 5.75 Å². The summed E-state index contributed by atoms with van der Waals surface area (Å²) in [7, 11) is 1.53. The molecule has 2 aromatic rings. The normalized spacial score (nSPS) is 11.2. The third-order valence-electron chi connectivity index (χ3n) is 2.75. The highest BCUT2D eigenvalue weighted by Gasteiger charge is 2.10. The highest BCUT2D eigenvalue weighted by atomic mass is 16.7. The molecule has 0 saturated heterocycles. The van der Waals surface area contributed by atoms with Crippen molar-refractivity contribution in [3.63, 3.8) is 0 Å². The largest absolute Gasteiger partial charge is 0.467 e. The van der Waals surface area contributed by atoms with Crippen LogP contribution in [-0.2, 0) is 4.74 Å². The molecule has 19 heavy (non-hydrogen) atoms. The Bertz CT molecular complexity index is 700. The number of nitrogens with zero attached hydrogens (tertiary/aromatic N) is 1. The van der Waals surface area contributed by atoms with Gasteiger partial charge in [0.25, 0.3) is 0 Å². The van der Waals surface area contributed by atoms with Crippen LogP contribution in [0.1, 0.15) is 19.9 Å². The van der Waals surface area contributed by atoms with Crippen LogP contribution in [0.3, 0.4) is 0 Å². The van der Waals surface area contributed by atoms with E-state index in [0.717, 1.165) is 0 Å². The fourth-order valence-corrected chi connectivity index (χ4v) is 1.95. The molecule has 6 nitrogen and oxygen atoms in total. The molecule has 6 heteroatoms. The van der Waals surface area contributed by atoms with Gasteiger partial charge in [-0.1, -0.05) is 0 Å². The fraction of sp³-hybridized carbons (Fsp3) is 0.385. The van der Waals surface area contributed by atoms with Crippen LogP contribution in [0.25, 0.3) is 11.0 Å². The van der Waals surface area contributed by atoms with Crippen molar-refractivity contribution in [3.8, 4) is 5.75 Å². The van der Waals surface area contributed by atoms with Gasteiger partial charge in [0.2, 0.25) is 0 Å². The van der Waals surface area contributed by atoms with E-state index in [1.54, 1.807) is 18.2 Å². The summed E-state index contributed by atoms with van der Waals surface area (Å²) in [5.41, 5.74) is 0.0504. The Morgan fingerprint density at radius 2 is 2.05 bits per heavy atom. The Morgan fingerprint density at radius 3 is 2.68 bits per heavy atom. The molecule has 0 fully saturated rings. The summed E-state index contributed by atoms with van der Waals surface area (Å²) >= 11 is 0. The number of aromatic nitrogens is 2. The van der Waals surface area contributed by atoms with E-state index in [4.69, 9.17) is 9.47 Å². The van der Waals surface area contributed by atoms with Crippen molar-refractivity contribution in [2.45, 2.75) is 19.9 Å². The molecule has 0 spiro atoms. The second-order valence-corrected chi connectivity index (χ2v) is 4.45. The van der Waals surface area contributed by atoms with Crippen LogP contribution in [0, 0.1) is 0 Å². The Hall–Kier alpha value is -2.08. The topological polar surface area (TPSA) is 73.3 Å². The van der Waals surface area contributed by atoms with Crippen LogP contribution < -0.4 is 15.9 Å². The smallest absolute Gasteiger partial charge is 0.316 e. The number of methoxy groups -OCH3 is 1. The molecular formula is C13H16N2O4. The van der Waals surface area contributed by atoms with Gasteiger partial charge in [0, 0.05) is 19.2 Å². The van der Waals surface area contributed by atoms with Gasteiger partial charge in [0.1, 0.15) is 5.75 Å². The maximum atomic E-state index is 11.8. The zero-order chi connectivity index (χ0) is 14.0. The highest BCUT2D eigenvalue weighted by Crippen LogP contribution is 2.19. The van der Waals surface area contributed by atoms with Gasteiger partial charge in [-0.2, -0.15) is 0 Å². The molecule has 0 aliphatic rings. The molecule has 0 saturated carbocycles. The minimum Gasteiger partial charge on any atom is -0.467 e. The molecule has 1 N–H and O–H groups in total. The molecule has 0 amide bonds. The summed E-state index contributed by atoms with van der Waals surface area (Å²) in [4.78, 5) is 26.0. The average molecular weight is 264 g/mol. The predicted octanol–water partition coefficient (Wildman–Crippen LogP) is 1.25. The molecule has 1 aromatic heterocycles. The van der Waals surface area contributed by atoms with Gasteiger partial charge >= 0.3 is 11.1 Å². The highest BCUT2D eigenvalue weighted by molar-refractivity contribution is 5.76. The van der Waals surface area contributed by atoms with Crippen LogP contribution >= 0.6 is 0 Å². The third-order valence-corrected chi connectivity index (χ3v) is 2.75. The van der Waals surface area contributed by atoms with Gasteiger partial charge in [-0.15, -0.1) is 0 Å². The Labute approximate surface area is 109 Å². The first-order chi connectivity index (χ1) is 9.04. The molecule has 0 radical (unpaired) electrons. The number of aromatic amines is 1. The number of fused-ring (bicyclic) bond motifs is 1. The lowest BCUT2D eigenvalue weighted by Crippen LogP contribution is -2.37. The van der Waals surface area contributed by atoms with Crippen molar-refractivity contribution in [1.82, 2.24) is 9.55 Å². The van der Waals surface area contributed by atoms with E-state index < -0.39 is 11.1 Å². The quantitative estimate of drug-likeness (QED) is 0.666. The minimum atomic E-state index is -0.634.